The Bertz CT molecular complexity index is 636. The number of ether oxygens (including phenoxy) is 1. The van der Waals surface area contributed by atoms with Crippen LogP contribution in [-0.4, -0.2) is 22.1 Å². The third-order valence-corrected chi connectivity index (χ3v) is 3.97. The molecule has 5 heteroatoms. The number of imidazole rings is 1. The van der Waals surface area contributed by atoms with Gasteiger partial charge in [0.05, 0.1) is 17.6 Å². The number of carbonyl (C=O) groups excluding carboxylic acids is 1. The molecule has 1 aromatic heterocycles. The van der Waals surface area contributed by atoms with Gasteiger partial charge in [0.25, 0.3) is 0 Å². The molecule has 114 valence electrons. The van der Waals surface area contributed by atoms with E-state index in [-0.39, 0.29) is 11.9 Å². The fourth-order valence-corrected chi connectivity index (χ4v) is 2.89. The zero-order chi connectivity index (χ0) is 15.4. The SMILES string of the molecule is CCCn1c(C(CC)C(=O)OCC)nc2cc(Br)ccc21. The Balaban J connectivity index is 2.54. The van der Waals surface area contributed by atoms with Crippen molar-refractivity contribution in [2.24, 2.45) is 0 Å². The lowest BCUT2D eigenvalue weighted by Crippen LogP contribution is -2.19. The third kappa shape index (κ3) is 3.28. The van der Waals surface area contributed by atoms with Crippen molar-refractivity contribution >= 4 is 32.9 Å². The Labute approximate surface area is 133 Å². The molecule has 2 rings (SSSR count). The summed E-state index contributed by atoms with van der Waals surface area (Å²) in [6, 6.07) is 6.04. The van der Waals surface area contributed by atoms with Gasteiger partial charge in [-0.2, -0.15) is 0 Å². The Hall–Kier alpha value is -1.36. The molecule has 0 radical (unpaired) electrons. The third-order valence-electron chi connectivity index (χ3n) is 3.48. The van der Waals surface area contributed by atoms with Crippen LogP contribution in [0.15, 0.2) is 22.7 Å². The summed E-state index contributed by atoms with van der Waals surface area (Å²) >= 11 is 3.47. The number of carbonyl (C=O) groups is 1. The van der Waals surface area contributed by atoms with Crippen molar-refractivity contribution in [2.45, 2.75) is 46.1 Å². The van der Waals surface area contributed by atoms with E-state index in [1.165, 1.54) is 0 Å². The largest absolute Gasteiger partial charge is 0.465 e. The van der Waals surface area contributed by atoms with Crippen LogP contribution in [0.25, 0.3) is 11.0 Å². The molecule has 0 aliphatic carbocycles. The van der Waals surface area contributed by atoms with Gasteiger partial charge >= 0.3 is 5.97 Å². The summed E-state index contributed by atoms with van der Waals surface area (Å²) in [5, 5.41) is 0. The van der Waals surface area contributed by atoms with Gasteiger partial charge in [0.2, 0.25) is 0 Å². The summed E-state index contributed by atoms with van der Waals surface area (Å²) in [7, 11) is 0. The van der Waals surface area contributed by atoms with Gasteiger partial charge in [-0.3, -0.25) is 4.79 Å². The van der Waals surface area contributed by atoms with Crippen molar-refractivity contribution < 1.29 is 9.53 Å². The molecule has 1 aromatic carbocycles. The minimum absolute atomic E-state index is 0.188. The van der Waals surface area contributed by atoms with E-state index < -0.39 is 0 Å². The predicted octanol–water partition coefficient (Wildman–Crippen LogP) is 4.27. The van der Waals surface area contributed by atoms with E-state index in [4.69, 9.17) is 9.72 Å². The molecule has 0 bridgehead atoms. The Morgan fingerprint density at radius 3 is 2.76 bits per heavy atom. The van der Waals surface area contributed by atoms with E-state index in [2.05, 4.69) is 27.4 Å². The molecule has 0 fully saturated rings. The van der Waals surface area contributed by atoms with E-state index in [0.717, 1.165) is 34.3 Å². The smallest absolute Gasteiger partial charge is 0.316 e. The number of hydrogen-bond donors (Lipinski definition) is 0. The van der Waals surface area contributed by atoms with Crippen LogP contribution in [0.3, 0.4) is 0 Å². The molecule has 0 aliphatic rings. The Morgan fingerprint density at radius 2 is 2.14 bits per heavy atom. The highest BCUT2D eigenvalue weighted by Gasteiger charge is 2.26. The molecule has 1 unspecified atom stereocenters. The number of benzene rings is 1. The summed E-state index contributed by atoms with van der Waals surface area (Å²) in [5.74, 6) is 0.320. The van der Waals surface area contributed by atoms with Crippen LogP contribution in [0.5, 0.6) is 0 Å². The van der Waals surface area contributed by atoms with Crippen LogP contribution in [0.1, 0.15) is 45.4 Å². The molecular formula is C16H21BrN2O2. The predicted molar refractivity (Wildman–Crippen MR) is 87.4 cm³/mol. The molecule has 21 heavy (non-hydrogen) atoms. The highest BCUT2D eigenvalue weighted by molar-refractivity contribution is 9.10. The van der Waals surface area contributed by atoms with Gasteiger partial charge in [0, 0.05) is 11.0 Å². The lowest BCUT2D eigenvalue weighted by Gasteiger charge is -2.15. The summed E-state index contributed by atoms with van der Waals surface area (Å²) in [6.07, 6.45) is 1.68. The molecule has 2 aromatic rings. The topological polar surface area (TPSA) is 44.1 Å². The number of aromatic nitrogens is 2. The average molecular weight is 353 g/mol. The van der Waals surface area contributed by atoms with Crippen molar-refractivity contribution in [3.63, 3.8) is 0 Å². The van der Waals surface area contributed by atoms with Gasteiger partial charge in [0.1, 0.15) is 11.7 Å². The summed E-state index contributed by atoms with van der Waals surface area (Å²) in [5.41, 5.74) is 1.98. The number of hydrogen-bond acceptors (Lipinski definition) is 3. The average Bonchev–Trinajstić information content (AvgIpc) is 2.78. The first-order valence-electron chi connectivity index (χ1n) is 7.44. The second kappa shape index (κ2) is 7.07. The molecular weight excluding hydrogens is 332 g/mol. The van der Waals surface area contributed by atoms with Crippen LogP contribution in [-0.2, 0) is 16.1 Å². The highest BCUT2D eigenvalue weighted by Crippen LogP contribution is 2.27. The monoisotopic (exact) mass is 352 g/mol. The van der Waals surface area contributed by atoms with E-state index in [1.807, 2.05) is 32.0 Å². The molecule has 1 heterocycles. The maximum absolute atomic E-state index is 12.2. The zero-order valence-electron chi connectivity index (χ0n) is 12.7. The number of fused-ring (bicyclic) bond motifs is 1. The molecule has 0 saturated heterocycles. The van der Waals surface area contributed by atoms with Crippen molar-refractivity contribution in [3.8, 4) is 0 Å². The van der Waals surface area contributed by atoms with E-state index in [9.17, 15) is 4.79 Å². The Kier molecular flexibility index (Phi) is 5.39. The standard InChI is InChI=1S/C16H21BrN2O2/c1-4-9-19-14-8-7-11(17)10-13(14)18-15(19)12(5-2)16(20)21-6-3/h7-8,10,12H,4-6,9H2,1-3H3. The van der Waals surface area contributed by atoms with E-state index >= 15 is 0 Å². The van der Waals surface area contributed by atoms with Crippen LogP contribution in [0.2, 0.25) is 0 Å². The lowest BCUT2D eigenvalue weighted by molar-refractivity contribution is -0.145. The fraction of sp³-hybridized carbons (Fsp3) is 0.500. The van der Waals surface area contributed by atoms with E-state index in [0.29, 0.717) is 13.0 Å². The van der Waals surface area contributed by atoms with Gasteiger partial charge in [-0.25, -0.2) is 4.98 Å². The van der Waals surface area contributed by atoms with Crippen molar-refractivity contribution in [1.82, 2.24) is 9.55 Å². The Morgan fingerprint density at radius 1 is 1.38 bits per heavy atom. The van der Waals surface area contributed by atoms with Gasteiger partial charge in [-0.1, -0.05) is 29.8 Å². The molecule has 0 spiro atoms. The van der Waals surface area contributed by atoms with Crippen LogP contribution >= 0.6 is 15.9 Å². The molecule has 0 saturated carbocycles. The minimum atomic E-state index is -0.303. The second-order valence-electron chi connectivity index (χ2n) is 4.97. The van der Waals surface area contributed by atoms with Crippen LogP contribution in [0.4, 0.5) is 0 Å². The number of rotatable bonds is 6. The van der Waals surface area contributed by atoms with Crippen molar-refractivity contribution in [3.05, 3.63) is 28.5 Å². The first-order valence-corrected chi connectivity index (χ1v) is 8.23. The van der Waals surface area contributed by atoms with Gasteiger partial charge < -0.3 is 9.30 Å². The molecule has 0 amide bonds. The molecule has 1 atom stereocenters. The van der Waals surface area contributed by atoms with Crippen LogP contribution < -0.4 is 0 Å². The first-order chi connectivity index (χ1) is 10.1. The molecule has 0 aliphatic heterocycles. The van der Waals surface area contributed by atoms with Crippen molar-refractivity contribution in [2.75, 3.05) is 6.61 Å². The maximum atomic E-state index is 12.2. The summed E-state index contributed by atoms with van der Waals surface area (Å²) in [6.45, 7) is 7.20. The summed E-state index contributed by atoms with van der Waals surface area (Å²) in [4.78, 5) is 16.9. The minimum Gasteiger partial charge on any atom is -0.465 e. The zero-order valence-corrected chi connectivity index (χ0v) is 14.3. The number of halogens is 1. The van der Waals surface area contributed by atoms with Gasteiger partial charge in [0.15, 0.2) is 0 Å². The van der Waals surface area contributed by atoms with Crippen LogP contribution in [0, 0.1) is 0 Å². The number of aryl methyl sites for hydroxylation is 1. The molecule has 4 nitrogen and oxygen atoms in total. The number of nitrogens with zero attached hydrogens (tertiary/aromatic N) is 2. The normalized spacial score (nSPS) is 12.6. The molecule has 0 N–H and O–H groups in total. The van der Waals surface area contributed by atoms with Gasteiger partial charge in [-0.15, -0.1) is 0 Å². The lowest BCUT2D eigenvalue weighted by atomic mass is 10.1. The summed E-state index contributed by atoms with van der Waals surface area (Å²) < 4.78 is 8.34. The second-order valence-corrected chi connectivity index (χ2v) is 5.88. The highest BCUT2D eigenvalue weighted by atomic mass is 79.9. The van der Waals surface area contributed by atoms with Gasteiger partial charge in [-0.05, 0) is 38.0 Å². The fourth-order valence-electron chi connectivity index (χ4n) is 2.54. The van der Waals surface area contributed by atoms with Crippen molar-refractivity contribution in [1.29, 1.82) is 0 Å². The first kappa shape index (κ1) is 16.0. The quantitative estimate of drug-likeness (QED) is 0.729. The maximum Gasteiger partial charge on any atom is 0.316 e. The number of esters is 1. The van der Waals surface area contributed by atoms with E-state index in [1.54, 1.807) is 0 Å².